The zero-order valence-electron chi connectivity index (χ0n) is 8.03. The molecule has 0 N–H and O–H groups in total. The van der Waals surface area contributed by atoms with Crippen molar-refractivity contribution in [2.24, 2.45) is 0 Å². The van der Waals surface area contributed by atoms with Crippen molar-refractivity contribution in [2.75, 3.05) is 20.3 Å². The Labute approximate surface area is 79.5 Å². The molecule has 0 aliphatic rings. The molecule has 72 valence electrons. The summed E-state index contributed by atoms with van der Waals surface area (Å²) < 4.78 is 10.4. The SMILES string of the molecule is COCCCCOc1ccccc1. The first-order valence-corrected chi connectivity index (χ1v) is 4.60. The van der Waals surface area contributed by atoms with Gasteiger partial charge in [-0.3, -0.25) is 0 Å². The largest absolute Gasteiger partial charge is 0.494 e. The van der Waals surface area contributed by atoms with Crippen molar-refractivity contribution in [1.29, 1.82) is 0 Å². The van der Waals surface area contributed by atoms with Crippen LogP contribution in [0.1, 0.15) is 12.8 Å². The lowest BCUT2D eigenvalue weighted by atomic mass is 10.3. The topological polar surface area (TPSA) is 18.5 Å². The van der Waals surface area contributed by atoms with Crippen molar-refractivity contribution in [2.45, 2.75) is 12.8 Å². The molecule has 0 unspecified atom stereocenters. The summed E-state index contributed by atoms with van der Waals surface area (Å²) in [4.78, 5) is 0. The van der Waals surface area contributed by atoms with Crippen LogP contribution in [0.25, 0.3) is 0 Å². The van der Waals surface area contributed by atoms with E-state index >= 15 is 0 Å². The van der Waals surface area contributed by atoms with Crippen LogP contribution in [0.4, 0.5) is 0 Å². The average Bonchev–Trinajstić information content (AvgIpc) is 2.19. The summed E-state index contributed by atoms with van der Waals surface area (Å²) in [5.74, 6) is 0.944. The molecule has 1 rings (SSSR count). The van der Waals surface area contributed by atoms with Gasteiger partial charge in [-0.2, -0.15) is 0 Å². The minimum Gasteiger partial charge on any atom is -0.494 e. The third kappa shape index (κ3) is 4.53. The van der Waals surface area contributed by atoms with Crippen molar-refractivity contribution in [3.05, 3.63) is 30.3 Å². The average molecular weight is 180 g/mol. The maximum Gasteiger partial charge on any atom is 0.119 e. The fraction of sp³-hybridized carbons (Fsp3) is 0.455. The lowest BCUT2D eigenvalue weighted by Gasteiger charge is -2.04. The normalized spacial score (nSPS) is 9.92. The van der Waals surface area contributed by atoms with Gasteiger partial charge >= 0.3 is 0 Å². The van der Waals surface area contributed by atoms with Gasteiger partial charge in [0.1, 0.15) is 5.75 Å². The Kier molecular flexibility index (Phi) is 5.02. The molecular formula is C11H16O2. The van der Waals surface area contributed by atoms with Gasteiger partial charge in [-0.15, -0.1) is 0 Å². The van der Waals surface area contributed by atoms with Crippen molar-refractivity contribution in [3.63, 3.8) is 0 Å². The summed E-state index contributed by atoms with van der Waals surface area (Å²) in [5.41, 5.74) is 0. The number of methoxy groups -OCH3 is 1. The second-order valence-electron chi connectivity index (χ2n) is 2.86. The summed E-state index contributed by atoms with van der Waals surface area (Å²) >= 11 is 0. The quantitative estimate of drug-likeness (QED) is 0.626. The lowest BCUT2D eigenvalue weighted by Crippen LogP contribution is -1.99. The molecule has 1 aromatic carbocycles. The van der Waals surface area contributed by atoms with E-state index in [9.17, 15) is 0 Å². The van der Waals surface area contributed by atoms with Crippen molar-refractivity contribution < 1.29 is 9.47 Å². The van der Waals surface area contributed by atoms with E-state index in [4.69, 9.17) is 9.47 Å². The van der Waals surface area contributed by atoms with Crippen LogP contribution in [0, 0.1) is 0 Å². The molecule has 0 atom stereocenters. The van der Waals surface area contributed by atoms with Gasteiger partial charge < -0.3 is 9.47 Å². The second-order valence-corrected chi connectivity index (χ2v) is 2.86. The van der Waals surface area contributed by atoms with E-state index in [-0.39, 0.29) is 0 Å². The summed E-state index contributed by atoms with van der Waals surface area (Å²) in [5, 5.41) is 0. The fourth-order valence-electron chi connectivity index (χ4n) is 1.06. The molecule has 13 heavy (non-hydrogen) atoms. The molecule has 0 bridgehead atoms. The Bertz CT molecular complexity index is 209. The van der Waals surface area contributed by atoms with E-state index in [1.165, 1.54) is 0 Å². The first-order chi connectivity index (χ1) is 6.43. The van der Waals surface area contributed by atoms with E-state index in [1.807, 2.05) is 30.3 Å². The number of ether oxygens (including phenoxy) is 2. The summed E-state index contributed by atoms with van der Waals surface area (Å²) in [6.07, 6.45) is 2.10. The Morgan fingerprint density at radius 2 is 1.69 bits per heavy atom. The van der Waals surface area contributed by atoms with Crippen molar-refractivity contribution in [3.8, 4) is 5.75 Å². The molecule has 1 aromatic rings. The smallest absolute Gasteiger partial charge is 0.119 e. The maximum atomic E-state index is 5.50. The highest BCUT2D eigenvalue weighted by molar-refractivity contribution is 5.20. The Morgan fingerprint density at radius 3 is 2.38 bits per heavy atom. The standard InChI is InChI=1S/C11H16O2/c1-12-9-5-6-10-13-11-7-3-2-4-8-11/h2-4,7-8H,5-6,9-10H2,1H3. The van der Waals surface area contributed by atoms with Gasteiger partial charge in [0.25, 0.3) is 0 Å². The lowest BCUT2D eigenvalue weighted by molar-refractivity contribution is 0.184. The third-order valence-electron chi connectivity index (χ3n) is 1.75. The van der Waals surface area contributed by atoms with Gasteiger partial charge in [-0.1, -0.05) is 18.2 Å². The van der Waals surface area contributed by atoms with Gasteiger partial charge in [0.15, 0.2) is 0 Å². The van der Waals surface area contributed by atoms with Crippen LogP contribution in [0.5, 0.6) is 5.75 Å². The number of rotatable bonds is 6. The summed E-state index contributed by atoms with van der Waals surface area (Å²) in [6.45, 7) is 1.59. The van der Waals surface area contributed by atoms with Crippen LogP contribution in [0.2, 0.25) is 0 Å². The van der Waals surface area contributed by atoms with Gasteiger partial charge in [-0.05, 0) is 25.0 Å². The second kappa shape index (κ2) is 6.49. The van der Waals surface area contributed by atoms with Crippen LogP contribution < -0.4 is 4.74 Å². The minimum atomic E-state index is 0.771. The van der Waals surface area contributed by atoms with Crippen molar-refractivity contribution in [1.82, 2.24) is 0 Å². The van der Waals surface area contributed by atoms with E-state index in [1.54, 1.807) is 7.11 Å². The van der Waals surface area contributed by atoms with Crippen LogP contribution in [0.15, 0.2) is 30.3 Å². The maximum absolute atomic E-state index is 5.50. The third-order valence-corrected chi connectivity index (χ3v) is 1.75. The number of para-hydroxylation sites is 1. The first kappa shape index (κ1) is 10.1. The molecule has 2 heteroatoms. The number of hydrogen-bond acceptors (Lipinski definition) is 2. The number of unbranched alkanes of at least 4 members (excludes halogenated alkanes) is 1. The molecule has 0 aliphatic heterocycles. The predicted octanol–water partition coefficient (Wildman–Crippen LogP) is 2.49. The molecule has 0 aromatic heterocycles. The predicted molar refractivity (Wildman–Crippen MR) is 53.0 cm³/mol. The Hall–Kier alpha value is -1.02. The summed E-state index contributed by atoms with van der Waals surface area (Å²) in [6, 6.07) is 9.87. The van der Waals surface area contributed by atoms with Gasteiger partial charge in [0.2, 0.25) is 0 Å². The monoisotopic (exact) mass is 180 g/mol. The van der Waals surface area contributed by atoms with Gasteiger partial charge in [0.05, 0.1) is 6.61 Å². The molecule has 0 saturated carbocycles. The summed E-state index contributed by atoms with van der Waals surface area (Å²) in [7, 11) is 1.72. The highest BCUT2D eigenvalue weighted by Gasteiger charge is 1.91. The zero-order chi connectivity index (χ0) is 9.36. The molecule has 0 heterocycles. The Balaban J connectivity index is 2.07. The molecule has 0 fully saturated rings. The van der Waals surface area contributed by atoms with Crippen LogP contribution in [-0.2, 0) is 4.74 Å². The number of benzene rings is 1. The number of hydrogen-bond donors (Lipinski definition) is 0. The van der Waals surface area contributed by atoms with Gasteiger partial charge in [-0.25, -0.2) is 0 Å². The van der Waals surface area contributed by atoms with Crippen molar-refractivity contribution >= 4 is 0 Å². The van der Waals surface area contributed by atoms with Crippen LogP contribution in [0.3, 0.4) is 0 Å². The fourth-order valence-corrected chi connectivity index (χ4v) is 1.06. The molecule has 0 radical (unpaired) electrons. The van der Waals surface area contributed by atoms with E-state index < -0.39 is 0 Å². The minimum absolute atomic E-state index is 0.771. The highest BCUT2D eigenvalue weighted by atomic mass is 16.5. The first-order valence-electron chi connectivity index (χ1n) is 4.60. The molecule has 0 amide bonds. The Morgan fingerprint density at radius 1 is 1.00 bits per heavy atom. The van der Waals surface area contributed by atoms with Gasteiger partial charge in [0, 0.05) is 13.7 Å². The van der Waals surface area contributed by atoms with E-state index in [0.29, 0.717) is 0 Å². The molecule has 0 spiro atoms. The van der Waals surface area contributed by atoms with E-state index in [0.717, 1.165) is 31.8 Å². The zero-order valence-corrected chi connectivity index (χ0v) is 8.03. The van der Waals surface area contributed by atoms with E-state index in [2.05, 4.69) is 0 Å². The molecule has 0 saturated heterocycles. The highest BCUT2D eigenvalue weighted by Crippen LogP contribution is 2.08. The van der Waals surface area contributed by atoms with Crippen LogP contribution in [-0.4, -0.2) is 20.3 Å². The molecular weight excluding hydrogens is 164 g/mol. The molecule has 2 nitrogen and oxygen atoms in total. The molecule has 0 aliphatic carbocycles. The van der Waals surface area contributed by atoms with Crippen LogP contribution >= 0.6 is 0 Å².